The predicted molar refractivity (Wildman–Crippen MR) is 119 cm³/mol. The van der Waals surface area contributed by atoms with E-state index in [-0.39, 0.29) is 18.0 Å². The number of halogens is 2. The van der Waals surface area contributed by atoms with Crippen molar-refractivity contribution in [1.29, 1.82) is 0 Å². The van der Waals surface area contributed by atoms with Crippen molar-refractivity contribution < 1.29 is 18.3 Å². The summed E-state index contributed by atoms with van der Waals surface area (Å²) in [7, 11) is 0. The van der Waals surface area contributed by atoms with Crippen LogP contribution in [0.2, 0.25) is 0 Å². The molecule has 1 aliphatic heterocycles. The molecule has 4 heterocycles. The van der Waals surface area contributed by atoms with Crippen LogP contribution in [0.15, 0.2) is 35.4 Å². The molecule has 1 amide bonds. The summed E-state index contributed by atoms with van der Waals surface area (Å²) in [5.74, 6) is -1.63. The van der Waals surface area contributed by atoms with Crippen molar-refractivity contribution in [3.63, 3.8) is 0 Å². The second kappa shape index (κ2) is 7.86. The van der Waals surface area contributed by atoms with Gasteiger partial charge < -0.3 is 19.2 Å². The molecule has 1 aliphatic rings. The van der Waals surface area contributed by atoms with Gasteiger partial charge in [0.05, 0.1) is 18.0 Å². The van der Waals surface area contributed by atoms with Crippen molar-refractivity contribution in [2.24, 2.45) is 0 Å². The van der Waals surface area contributed by atoms with Crippen LogP contribution in [0.4, 0.5) is 13.6 Å². The highest BCUT2D eigenvalue weighted by atomic mass is 19.2. The van der Waals surface area contributed by atoms with Gasteiger partial charge in [-0.3, -0.25) is 4.79 Å². The van der Waals surface area contributed by atoms with Gasteiger partial charge in [0.15, 0.2) is 22.9 Å². The maximum atomic E-state index is 14.4. The summed E-state index contributed by atoms with van der Waals surface area (Å²) < 4.78 is 35.3. The minimum Gasteiger partial charge on any atom is -0.444 e. The summed E-state index contributed by atoms with van der Waals surface area (Å²) >= 11 is 0. The SMILES string of the molecule is CC(C)(C)OC(=O)N1CC(c2nc3nccnc3n2Cc2cc(=O)[nH]c3c(F)c(F)ccc23)C1. The average molecular weight is 468 g/mol. The third-order valence-corrected chi connectivity index (χ3v) is 5.63. The first-order valence-corrected chi connectivity index (χ1v) is 10.8. The quantitative estimate of drug-likeness (QED) is 0.495. The van der Waals surface area contributed by atoms with Crippen LogP contribution < -0.4 is 5.56 Å². The molecule has 176 valence electrons. The molecule has 1 saturated heterocycles. The van der Waals surface area contributed by atoms with Crippen LogP contribution in [0.25, 0.3) is 22.2 Å². The largest absolute Gasteiger partial charge is 0.444 e. The molecule has 1 N–H and O–H groups in total. The second-order valence-electron chi connectivity index (χ2n) is 9.28. The number of amides is 1. The number of carbonyl (C=O) groups is 1. The van der Waals surface area contributed by atoms with Crippen molar-refractivity contribution in [2.75, 3.05) is 13.1 Å². The Morgan fingerprint density at radius 2 is 1.94 bits per heavy atom. The number of rotatable bonds is 3. The van der Waals surface area contributed by atoms with Gasteiger partial charge in [-0.25, -0.2) is 28.5 Å². The molecule has 0 radical (unpaired) electrons. The van der Waals surface area contributed by atoms with Crippen LogP contribution in [-0.2, 0) is 11.3 Å². The number of hydrogen-bond donors (Lipinski definition) is 1. The first-order chi connectivity index (χ1) is 16.1. The molecule has 1 aromatic carbocycles. The minimum atomic E-state index is -1.11. The van der Waals surface area contributed by atoms with Crippen molar-refractivity contribution >= 4 is 28.3 Å². The number of aromatic nitrogens is 5. The normalized spacial score (nSPS) is 14.6. The molecule has 0 unspecified atom stereocenters. The number of pyridine rings is 1. The summed E-state index contributed by atoms with van der Waals surface area (Å²) in [6, 6.07) is 3.80. The molecule has 0 atom stereocenters. The number of ether oxygens (including phenoxy) is 1. The van der Waals surface area contributed by atoms with Gasteiger partial charge in [-0.1, -0.05) is 0 Å². The van der Waals surface area contributed by atoms with Crippen LogP contribution in [0.3, 0.4) is 0 Å². The number of aromatic amines is 1. The first-order valence-electron chi connectivity index (χ1n) is 10.8. The minimum absolute atomic E-state index is 0.106. The van der Waals surface area contributed by atoms with Gasteiger partial charge >= 0.3 is 6.09 Å². The van der Waals surface area contributed by atoms with Gasteiger partial charge in [-0.15, -0.1) is 0 Å². The Morgan fingerprint density at radius 1 is 1.21 bits per heavy atom. The number of benzene rings is 1. The van der Waals surface area contributed by atoms with Gasteiger partial charge in [0.25, 0.3) is 0 Å². The standard InChI is InChI=1S/C23H22F2N6O3/c1-23(2,3)34-22(33)30-9-13(10-30)20-29-19-21(27-7-6-26-19)31(20)11-12-8-16(32)28-18-14(12)4-5-15(24)17(18)25/h4-8,13H,9-11H2,1-3H3,(H,28,32). The zero-order valence-electron chi connectivity index (χ0n) is 18.8. The number of H-pyrrole nitrogens is 1. The van der Waals surface area contributed by atoms with Crippen molar-refractivity contribution in [3.05, 3.63) is 64.0 Å². The molecule has 3 aromatic heterocycles. The number of imidazole rings is 1. The molecule has 0 bridgehead atoms. The Morgan fingerprint density at radius 3 is 2.68 bits per heavy atom. The third kappa shape index (κ3) is 3.87. The molecule has 34 heavy (non-hydrogen) atoms. The Balaban J connectivity index is 1.52. The van der Waals surface area contributed by atoms with Crippen LogP contribution >= 0.6 is 0 Å². The number of fused-ring (bicyclic) bond motifs is 2. The Labute approximate surface area is 192 Å². The fourth-order valence-electron chi connectivity index (χ4n) is 4.09. The van der Waals surface area contributed by atoms with Crippen LogP contribution in [0, 0.1) is 11.6 Å². The number of likely N-dealkylation sites (tertiary alicyclic amines) is 1. The number of hydrogen-bond acceptors (Lipinski definition) is 6. The Bertz CT molecular complexity index is 1480. The highest BCUT2D eigenvalue weighted by Crippen LogP contribution is 2.31. The first kappa shape index (κ1) is 21.9. The molecule has 11 heteroatoms. The molecule has 0 spiro atoms. The Kier molecular flexibility index (Phi) is 5.07. The lowest BCUT2D eigenvalue weighted by Crippen LogP contribution is -2.51. The summed E-state index contributed by atoms with van der Waals surface area (Å²) in [4.78, 5) is 41.8. The molecule has 1 fully saturated rings. The summed E-state index contributed by atoms with van der Waals surface area (Å²) in [6.45, 7) is 6.35. The van der Waals surface area contributed by atoms with E-state index in [9.17, 15) is 18.4 Å². The lowest BCUT2D eigenvalue weighted by atomic mass is 9.99. The summed E-state index contributed by atoms with van der Waals surface area (Å²) in [6.07, 6.45) is 2.65. The average Bonchev–Trinajstić information content (AvgIpc) is 3.07. The topological polar surface area (TPSA) is 106 Å². The molecular weight excluding hydrogens is 446 g/mol. The Hall–Kier alpha value is -3.89. The number of nitrogens with one attached hydrogen (secondary N) is 1. The van der Waals surface area contributed by atoms with Crippen molar-refractivity contribution in [1.82, 2.24) is 29.4 Å². The number of nitrogens with zero attached hydrogens (tertiary/aromatic N) is 5. The number of carbonyl (C=O) groups excluding carboxylic acids is 1. The van der Waals surface area contributed by atoms with Gasteiger partial charge in [0.1, 0.15) is 11.4 Å². The molecule has 9 nitrogen and oxygen atoms in total. The maximum Gasteiger partial charge on any atom is 0.410 e. The van der Waals surface area contributed by atoms with E-state index in [1.807, 2.05) is 0 Å². The lowest BCUT2D eigenvalue weighted by Gasteiger charge is -2.39. The highest BCUT2D eigenvalue weighted by molar-refractivity contribution is 5.83. The zero-order valence-corrected chi connectivity index (χ0v) is 18.8. The van der Waals surface area contributed by atoms with E-state index >= 15 is 0 Å². The van der Waals surface area contributed by atoms with E-state index < -0.39 is 28.9 Å². The highest BCUT2D eigenvalue weighted by Gasteiger charge is 2.37. The predicted octanol–water partition coefficient (Wildman–Crippen LogP) is 3.33. The molecule has 5 rings (SSSR count). The monoisotopic (exact) mass is 468 g/mol. The van der Waals surface area contributed by atoms with Crippen LogP contribution in [0.5, 0.6) is 0 Å². The lowest BCUT2D eigenvalue weighted by molar-refractivity contribution is 0.00730. The molecule has 0 saturated carbocycles. The fraction of sp³-hybridized carbons (Fsp3) is 0.348. The summed E-state index contributed by atoms with van der Waals surface area (Å²) in [5.41, 5.74) is 0.0402. The van der Waals surface area contributed by atoms with Crippen LogP contribution in [0.1, 0.15) is 38.1 Å². The molecule has 0 aliphatic carbocycles. The third-order valence-electron chi connectivity index (χ3n) is 5.63. The maximum absolute atomic E-state index is 14.4. The van der Waals surface area contributed by atoms with Gasteiger partial charge in [-0.2, -0.15) is 0 Å². The van der Waals surface area contributed by atoms with E-state index in [0.717, 1.165) is 6.07 Å². The zero-order chi connectivity index (χ0) is 24.2. The van der Waals surface area contributed by atoms with Crippen molar-refractivity contribution in [2.45, 2.75) is 38.8 Å². The van der Waals surface area contributed by atoms with E-state index in [1.54, 1.807) is 30.2 Å². The van der Waals surface area contributed by atoms with E-state index in [2.05, 4.69) is 19.9 Å². The van der Waals surface area contributed by atoms with E-state index in [0.29, 0.717) is 41.2 Å². The summed E-state index contributed by atoms with van der Waals surface area (Å²) in [5, 5.41) is 0.374. The smallest absolute Gasteiger partial charge is 0.410 e. The van der Waals surface area contributed by atoms with Crippen molar-refractivity contribution in [3.8, 4) is 0 Å². The van der Waals surface area contributed by atoms with Crippen LogP contribution in [-0.4, -0.2) is 54.2 Å². The fourth-order valence-corrected chi connectivity index (χ4v) is 4.09. The van der Waals surface area contributed by atoms with E-state index in [4.69, 9.17) is 4.74 Å². The van der Waals surface area contributed by atoms with Gasteiger partial charge in [0, 0.05) is 36.9 Å². The van der Waals surface area contributed by atoms with Gasteiger partial charge in [-0.05, 0) is 38.5 Å². The van der Waals surface area contributed by atoms with Gasteiger partial charge in [0.2, 0.25) is 5.56 Å². The molecular formula is C23H22F2N6O3. The van der Waals surface area contributed by atoms with E-state index in [1.165, 1.54) is 24.5 Å². The second-order valence-corrected chi connectivity index (χ2v) is 9.28. The molecule has 4 aromatic rings.